The van der Waals surface area contributed by atoms with Crippen molar-refractivity contribution < 1.29 is 29.3 Å². The van der Waals surface area contributed by atoms with Crippen molar-refractivity contribution in [2.45, 2.75) is 51.7 Å². The molecular formula is C34H48ClN5O6. The number of anilines is 1. The Morgan fingerprint density at radius 3 is 2.65 bits per heavy atom. The van der Waals surface area contributed by atoms with Gasteiger partial charge in [-0.15, -0.1) is 0 Å². The lowest BCUT2D eigenvalue weighted by Crippen LogP contribution is -2.40. The van der Waals surface area contributed by atoms with Crippen LogP contribution in [0.3, 0.4) is 0 Å². The zero-order valence-electron chi connectivity index (χ0n) is 26.9. The molecule has 0 radical (unpaired) electrons. The third kappa shape index (κ3) is 10.2. The zero-order chi connectivity index (χ0) is 32.9. The van der Waals surface area contributed by atoms with Crippen molar-refractivity contribution >= 4 is 28.9 Å². The van der Waals surface area contributed by atoms with Crippen LogP contribution in [0.1, 0.15) is 48.4 Å². The summed E-state index contributed by atoms with van der Waals surface area (Å²) >= 11 is 6.36. The first-order valence-corrected chi connectivity index (χ1v) is 16.4. The van der Waals surface area contributed by atoms with E-state index in [0.29, 0.717) is 40.8 Å². The monoisotopic (exact) mass is 657 g/mol. The maximum Gasteiger partial charge on any atom is 0.224 e. The van der Waals surface area contributed by atoms with E-state index in [4.69, 9.17) is 31.5 Å². The summed E-state index contributed by atoms with van der Waals surface area (Å²) in [7, 11) is 1.64. The van der Waals surface area contributed by atoms with Crippen molar-refractivity contribution in [2.75, 3.05) is 71.9 Å². The van der Waals surface area contributed by atoms with Crippen LogP contribution >= 0.6 is 11.6 Å². The number of aliphatic hydroxyl groups excluding tert-OH is 1. The first-order chi connectivity index (χ1) is 22.3. The highest BCUT2D eigenvalue weighted by Gasteiger charge is 2.27. The molecule has 1 aliphatic carbocycles. The van der Waals surface area contributed by atoms with Gasteiger partial charge < -0.3 is 40.9 Å². The minimum atomic E-state index is -1.05. The lowest BCUT2D eigenvalue weighted by molar-refractivity contribution is -0.125. The van der Waals surface area contributed by atoms with Crippen molar-refractivity contribution in [3.05, 3.63) is 68.8 Å². The molecule has 1 fully saturated rings. The minimum absolute atomic E-state index is 0.0118. The molecule has 1 saturated heterocycles. The zero-order valence-corrected chi connectivity index (χ0v) is 27.7. The summed E-state index contributed by atoms with van der Waals surface area (Å²) in [6, 6.07) is 9.26. The number of nitrogens with one attached hydrogen (secondary N) is 2. The average Bonchev–Trinajstić information content (AvgIpc) is 3.04. The molecule has 0 saturated carbocycles. The van der Waals surface area contributed by atoms with Crippen LogP contribution in [0.2, 0.25) is 5.02 Å². The lowest BCUT2D eigenvalue weighted by atomic mass is 9.79. The number of oxime groups is 1. The Morgan fingerprint density at radius 2 is 1.96 bits per heavy atom. The molecule has 252 valence electrons. The Labute approximate surface area is 276 Å². The fraction of sp³-hybridized carbons (Fsp3) is 0.529. The fourth-order valence-electron chi connectivity index (χ4n) is 5.86. The van der Waals surface area contributed by atoms with Gasteiger partial charge >= 0.3 is 0 Å². The number of halogens is 1. The highest BCUT2D eigenvalue weighted by Crippen LogP contribution is 2.37. The van der Waals surface area contributed by atoms with Gasteiger partial charge in [0.25, 0.3) is 0 Å². The number of nitrogen functional groups attached to an aromatic ring is 1. The highest BCUT2D eigenvalue weighted by atomic mass is 35.5. The molecule has 11 nitrogen and oxygen atoms in total. The molecule has 4 rings (SSSR count). The molecule has 0 bridgehead atoms. The maximum absolute atomic E-state index is 12.6. The van der Waals surface area contributed by atoms with E-state index in [2.05, 4.69) is 20.7 Å². The van der Waals surface area contributed by atoms with Gasteiger partial charge in [0.15, 0.2) is 6.29 Å². The predicted molar refractivity (Wildman–Crippen MR) is 180 cm³/mol. The first kappa shape index (κ1) is 35.7. The number of carbonyl (C=O) groups is 1. The van der Waals surface area contributed by atoms with E-state index >= 15 is 0 Å². The number of nitrogens with zero attached hydrogens (tertiary/aromatic N) is 2. The van der Waals surface area contributed by atoms with Crippen LogP contribution in [0.25, 0.3) is 0 Å². The van der Waals surface area contributed by atoms with Gasteiger partial charge in [-0.05, 0) is 86.0 Å². The molecule has 1 aliphatic heterocycles. The molecule has 0 spiro atoms. The summed E-state index contributed by atoms with van der Waals surface area (Å²) in [5.41, 5.74) is 12.9. The average molecular weight is 658 g/mol. The molecule has 1 amide bonds. The van der Waals surface area contributed by atoms with Gasteiger partial charge in [-0.25, -0.2) is 0 Å². The third-order valence-electron chi connectivity index (χ3n) is 8.46. The van der Waals surface area contributed by atoms with Crippen LogP contribution in [0, 0.1) is 0 Å². The fourth-order valence-corrected chi connectivity index (χ4v) is 6.05. The van der Waals surface area contributed by atoms with Crippen molar-refractivity contribution in [3.8, 4) is 5.75 Å². The molecule has 1 heterocycles. The second-order valence-corrected chi connectivity index (χ2v) is 12.0. The number of amides is 1. The SMILES string of the molecule is CCOC(O)CNC(=O)Cc1ccc(Cl)cc1CC1=C(/C(=N/O)c2cc(CCCNCCN3CCOCC3)c(OC)cc2N)CC1. The number of morpholine rings is 1. The number of carbonyl (C=O) groups excluding carboxylic acids is 1. The van der Waals surface area contributed by atoms with E-state index in [0.717, 1.165) is 99.5 Å². The van der Waals surface area contributed by atoms with Crippen LogP contribution < -0.4 is 21.1 Å². The quantitative estimate of drug-likeness (QED) is 0.0406. The van der Waals surface area contributed by atoms with E-state index < -0.39 is 6.29 Å². The molecule has 2 aromatic carbocycles. The van der Waals surface area contributed by atoms with Crippen molar-refractivity contribution in [3.63, 3.8) is 0 Å². The molecule has 2 aromatic rings. The van der Waals surface area contributed by atoms with Crippen LogP contribution in [0.4, 0.5) is 5.69 Å². The number of nitrogens with two attached hydrogens (primary N) is 1. The summed E-state index contributed by atoms with van der Waals surface area (Å²) in [5, 5.41) is 30.5. The summed E-state index contributed by atoms with van der Waals surface area (Å²) in [6.07, 6.45) is 2.90. The van der Waals surface area contributed by atoms with Crippen LogP contribution in [0.5, 0.6) is 5.75 Å². The number of allylic oxidation sites excluding steroid dienone is 2. The minimum Gasteiger partial charge on any atom is -0.496 e. The summed E-state index contributed by atoms with van der Waals surface area (Å²) in [6.45, 7) is 8.53. The number of benzene rings is 2. The summed E-state index contributed by atoms with van der Waals surface area (Å²) in [4.78, 5) is 15.0. The van der Waals surface area contributed by atoms with E-state index in [1.807, 2.05) is 18.2 Å². The summed E-state index contributed by atoms with van der Waals surface area (Å²) in [5.74, 6) is 0.485. The van der Waals surface area contributed by atoms with Gasteiger partial charge in [0.2, 0.25) is 5.91 Å². The Kier molecular flexibility index (Phi) is 14.1. The van der Waals surface area contributed by atoms with Gasteiger partial charge in [0.05, 0.1) is 33.3 Å². The lowest BCUT2D eigenvalue weighted by Gasteiger charge is -2.27. The molecule has 1 atom stereocenters. The molecule has 12 heteroatoms. The topological polar surface area (TPSA) is 151 Å². The predicted octanol–water partition coefficient (Wildman–Crippen LogP) is 3.31. The normalized spacial score (nSPS) is 16.3. The van der Waals surface area contributed by atoms with Crippen LogP contribution in [0.15, 0.2) is 46.6 Å². The van der Waals surface area contributed by atoms with E-state index in [-0.39, 0.29) is 18.9 Å². The second kappa shape index (κ2) is 18.2. The number of aliphatic hydroxyl groups is 1. The second-order valence-electron chi connectivity index (χ2n) is 11.6. The van der Waals surface area contributed by atoms with E-state index in [1.165, 1.54) is 0 Å². The van der Waals surface area contributed by atoms with Crippen molar-refractivity contribution in [1.82, 2.24) is 15.5 Å². The largest absolute Gasteiger partial charge is 0.496 e. The maximum atomic E-state index is 12.6. The molecule has 6 N–H and O–H groups in total. The van der Waals surface area contributed by atoms with Gasteiger partial charge in [-0.1, -0.05) is 28.4 Å². The number of methoxy groups -OCH3 is 1. The summed E-state index contributed by atoms with van der Waals surface area (Å²) < 4.78 is 16.2. The van der Waals surface area contributed by atoms with E-state index in [1.54, 1.807) is 26.2 Å². The first-order valence-electron chi connectivity index (χ1n) is 16.1. The molecular weight excluding hydrogens is 610 g/mol. The Bertz CT molecular complexity index is 1380. The molecule has 2 aliphatic rings. The van der Waals surface area contributed by atoms with Crippen molar-refractivity contribution in [1.29, 1.82) is 0 Å². The number of aryl methyl sites for hydroxylation is 1. The van der Waals surface area contributed by atoms with Gasteiger partial charge in [0.1, 0.15) is 11.5 Å². The molecule has 46 heavy (non-hydrogen) atoms. The molecule has 1 unspecified atom stereocenters. The van der Waals surface area contributed by atoms with Gasteiger partial charge in [-0.3, -0.25) is 9.69 Å². The number of ether oxygens (including phenoxy) is 3. The Morgan fingerprint density at radius 1 is 1.15 bits per heavy atom. The standard InChI is InChI=1S/C34H48ClN5O6/c1-3-46-33(42)22-38-32(41)20-23-6-8-27(35)18-26(23)17-24-7-9-28(24)34(39-43)29-19-25(31(44-2)21-30(29)36)5-4-10-37-11-12-40-13-15-45-16-14-40/h6,8,18-19,21,33,37,42-43H,3-5,7,9-17,20,22,36H2,1-2H3,(H,38,41)/b39-34-. The smallest absolute Gasteiger partial charge is 0.224 e. The number of hydrogen-bond donors (Lipinski definition) is 5. The number of hydrogen-bond acceptors (Lipinski definition) is 10. The van der Waals surface area contributed by atoms with E-state index in [9.17, 15) is 15.1 Å². The van der Waals surface area contributed by atoms with Gasteiger partial charge in [0, 0.05) is 55.1 Å². The van der Waals surface area contributed by atoms with Crippen molar-refractivity contribution in [2.24, 2.45) is 5.16 Å². The van der Waals surface area contributed by atoms with Crippen LogP contribution in [-0.2, 0) is 33.5 Å². The molecule has 0 aromatic heterocycles. The number of rotatable bonds is 18. The third-order valence-corrected chi connectivity index (χ3v) is 8.70. The Balaban J connectivity index is 1.43. The van der Waals surface area contributed by atoms with Crippen LogP contribution in [-0.4, -0.2) is 99.3 Å². The van der Waals surface area contributed by atoms with Gasteiger partial charge in [-0.2, -0.15) is 0 Å². The highest BCUT2D eigenvalue weighted by molar-refractivity contribution is 6.30. The Hall–Kier alpha value is -3.19.